The lowest BCUT2D eigenvalue weighted by Crippen LogP contribution is -2.29. The van der Waals surface area contributed by atoms with Crippen LogP contribution in [0, 0.1) is 5.82 Å². The molecule has 21 heavy (non-hydrogen) atoms. The van der Waals surface area contributed by atoms with Crippen molar-refractivity contribution < 1.29 is 14.2 Å². The molecule has 0 aliphatic carbocycles. The van der Waals surface area contributed by atoms with E-state index < -0.39 is 11.4 Å². The number of halogens is 2. The predicted octanol–water partition coefficient (Wildman–Crippen LogP) is 3.89. The summed E-state index contributed by atoms with van der Waals surface area (Å²) in [5, 5.41) is 10.9. The van der Waals surface area contributed by atoms with Crippen LogP contribution < -0.4 is 4.74 Å². The van der Waals surface area contributed by atoms with Crippen molar-refractivity contribution in [1.29, 1.82) is 0 Å². The number of aliphatic hydroxyl groups is 1. The Balaban J connectivity index is 2.37. The maximum absolute atomic E-state index is 14.3. The van der Waals surface area contributed by atoms with Gasteiger partial charge in [-0.2, -0.15) is 0 Å². The number of ether oxygens (including phenoxy) is 1. The lowest BCUT2D eigenvalue weighted by Gasteiger charge is -2.28. The zero-order chi connectivity index (χ0) is 15.3. The second-order valence-electron chi connectivity index (χ2n) is 4.95. The van der Waals surface area contributed by atoms with Gasteiger partial charge in [0, 0.05) is 12.3 Å². The number of methoxy groups -OCH3 is 1. The Kier molecular flexibility index (Phi) is 5.21. The van der Waals surface area contributed by atoms with Crippen molar-refractivity contribution in [1.82, 2.24) is 0 Å². The number of rotatable bonds is 6. The van der Waals surface area contributed by atoms with Crippen LogP contribution in [0.5, 0.6) is 5.75 Å². The average molecular weight is 309 g/mol. The average Bonchev–Trinajstić information content (AvgIpc) is 2.50. The highest BCUT2D eigenvalue weighted by atomic mass is 35.5. The highest BCUT2D eigenvalue weighted by Crippen LogP contribution is 2.32. The van der Waals surface area contributed by atoms with Crippen LogP contribution in [0.1, 0.15) is 17.5 Å². The Labute approximate surface area is 129 Å². The van der Waals surface area contributed by atoms with E-state index >= 15 is 0 Å². The first-order valence-corrected chi connectivity index (χ1v) is 7.29. The van der Waals surface area contributed by atoms with Crippen LogP contribution in [0.2, 0.25) is 0 Å². The lowest BCUT2D eigenvalue weighted by atomic mass is 9.85. The van der Waals surface area contributed by atoms with E-state index in [1.165, 1.54) is 7.11 Å². The van der Waals surface area contributed by atoms with Gasteiger partial charge >= 0.3 is 0 Å². The molecule has 2 aromatic carbocycles. The monoisotopic (exact) mass is 308 g/mol. The fourth-order valence-electron chi connectivity index (χ4n) is 2.40. The highest BCUT2D eigenvalue weighted by Gasteiger charge is 2.30. The molecule has 1 atom stereocenters. The Morgan fingerprint density at radius 2 is 1.86 bits per heavy atom. The minimum atomic E-state index is -1.20. The molecule has 0 aromatic heterocycles. The smallest absolute Gasteiger partial charge is 0.168 e. The van der Waals surface area contributed by atoms with Gasteiger partial charge in [0.05, 0.1) is 12.7 Å². The van der Waals surface area contributed by atoms with Crippen LogP contribution >= 0.6 is 11.6 Å². The highest BCUT2D eigenvalue weighted by molar-refractivity contribution is 6.17. The van der Waals surface area contributed by atoms with E-state index in [2.05, 4.69) is 0 Å². The summed E-state index contributed by atoms with van der Waals surface area (Å²) in [7, 11) is 1.42. The first kappa shape index (κ1) is 15.8. The molecule has 4 heteroatoms. The maximum Gasteiger partial charge on any atom is 0.168 e. The van der Waals surface area contributed by atoms with Crippen LogP contribution in [0.3, 0.4) is 0 Å². The fraction of sp³-hybridized carbons (Fsp3) is 0.294. The molecule has 0 saturated heterocycles. The molecule has 0 fully saturated rings. The molecule has 0 spiro atoms. The van der Waals surface area contributed by atoms with E-state index in [9.17, 15) is 9.50 Å². The molecule has 0 bridgehead atoms. The summed E-state index contributed by atoms with van der Waals surface area (Å²) in [6.45, 7) is 0. The summed E-state index contributed by atoms with van der Waals surface area (Å²) >= 11 is 5.82. The van der Waals surface area contributed by atoms with Crippen molar-refractivity contribution in [2.75, 3.05) is 13.0 Å². The maximum atomic E-state index is 14.3. The number of alkyl halides is 1. The molecule has 112 valence electrons. The van der Waals surface area contributed by atoms with Crippen molar-refractivity contribution in [3.63, 3.8) is 0 Å². The van der Waals surface area contributed by atoms with Gasteiger partial charge in [-0.15, -0.1) is 11.6 Å². The van der Waals surface area contributed by atoms with Gasteiger partial charge in [-0.05, 0) is 23.6 Å². The normalized spacial score (nSPS) is 13.7. The van der Waals surface area contributed by atoms with Gasteiger partial charge in [0.2, 0.25) is 0 Å². The molecule has 2 rings (SSSR count). The standard InChI is InChI=1S/C17H18ClFO2/c1-21-15-9-5-6-13(16(15)19)12-17(20,10-11-18)14-7-3-2-4-8-14/h2-9,20H,10-12H2,1H3. The molecule has 2 nitrogen and oxygen atoms in total. The summed E-state index contributed by atoms with van der Waals surface area (Å²) < 4.78 is 19.3. The van der Waals surface area contributed by atoms with Gasteiger partial charge in [0.25, 0.3) is 0 Å². The van der Waals surface area contributed by atoms with Crippen LogP contribution in [0.25, 0.3) is 0 Å². The minimum Gasteiger partial charge on any atom is -0.494 e. The Morgan fingerprint density at radius 1 is 1.14 bits per heavy atom. The quantitative estimate of drug-likeness (QED) is 0.820. The van der Waals surface area contributed by atoms with E-state index in [1.54, 1.807) is 18.2 Å². The molecular formula is C17H18ClFO2. The van der Waals surface area contributed by atoms with Gasteiger partial charge in [-0.1, -0.05) is 42.5 Å². The molecule has 1 unspecified atom stereocenters. The summed E-state index contributed by atoms with van der Waals surface area (Å²) in [6, 6.07) is 14.1. The van der Waals surface area contributed by atoms with E-state index in [0.717, 1.165) is 5.56 Å². The third-order valence-electron chi connectivity index (χ3n) is 3.57. The molecule has 1 N–H and O–H groups in total. The van der Waals surface area contributed by atoms with Gasteiger partial charge in [-0.3, -0.25) is 0 Å². The molecular weight excluding hydrogens is 291 g/mol. The first-order valence-electron chi connectivity index (χ1n) is 6.76. The van der Waals surface area contributed by atoms with Gasteiger partial charge < -0.3 is 9.84 Å². The van der Waals surface area contributed by atoms with E-state index in [0.29, 0.717) is 12.0 Å². The van der Waals surface area contributed by atoms with E-state index in [-0.39, 0.29) is 18.1 Å². The van der Waals surface area contributed by atoms with Crippen molar-refractivity contribution in [3.8, 4) is 5.75 Å². The minimum absolute atomic E-state index is 0.146. The molecule has 0 aliphatic heterocycles. The summed E-state index contributed by atoms with van der Waals surface area (Å²) in [5.74, 6) is 0.0227. The van der Waals surface area contributed by atoms with Gasteiger partial charge in [0.15, 0.2) is 11.6 Å². The van der Waals surface area contributed by atoms with E-state index in [4.69, 9.17) is 16.3 Å². The molecule has 0 amide bonds. The Morgan fingerprint density at radius 3 is 2.48 bits per heavy atom. The van der Waals surface area contributed by atoms with Crippen LogP contribution in [0.4, 0.5) is 4.39 Å². The second-order valence-corrected chi connectivity index (χ2v) is 5.32. The largest absolute Gasteiger partial charge is 0.494 e. The zero-order valence-corrected chi connectivity index (χ0v) is 12.6. The number of hydrogen-bond acceptors (Lipinski definition) is 2. The van der Waals surface area contributed by atoms with Gasteiger partial charge in [0.1, 0.15) is 0 Å². The van der Waals surface area contributed by atoms with Crippen molar-refractivity contribution >= 4 is 11.6 Å². The molecule has 2 aromatic rings. The third-order valence-corrected chi connectivity index (χ3v) is 3.75. The van der Waals surface area contributed by atoms with Crippen molar-refractivity contribution in [3.05, 3.63) is 65.5 Å². The van der Waals surface area contributed by atoms with Crippen molar-refractivity contribution in [2.24, 2.45) is 0 Å². The topological polar surface area (TPSA) is 29.5 Å². The Hall–Kier alpha value is -1.58. The Bertz CT molecular complexity index is 589. The summed E-state index contributed by atoms with van der Waals surface area (Å²) in [6.07, 6.45) is 0.488. The van der Waals surface area contributed by atoms with Crippen LogP contribution in [-0.4, -0.2) is 18.1 Å². The summed E-state index contributed by atoms with van der Waals surface area (Å²) in [4.78, 5) is 0. The van der Waals surface area contributed by atoms with Crippen LogP contribution in [0.15, 0.2) is 48.5 Å². The molecule has 0 radical (unpaired) electrons. The molecule has 0 saturated carbocycles. The molecule has 0 heterocycles. The van der Waals surface area contributed by atoms with Gasteiger partial charge in [-0.25, -0.2) is 4.39 Å². The zero-order valence-electron chi connectivity index (χ0n) is 11.9. The third kappa shape index (κ3) is 3.55. The van der Waals surface area contributed by atoms with E-state index in [1.807, 2.05) is 30.3 Å². The lowest BCUT2D eigenvalue weighted by molar-refractivity contribution is 0.0327. The fourth-order valence-corrected chi connectivity index (χ4v) is 2.72. The van der Waals surface area contributed by atoms with Crippen molar-refractivity contribution in [2.45, 2.75) is 18.4 Å². The summed E-state index contributed by atoms with van der Waals surface area (Å²) in [5.41, 5.74) is -0.0605. The van der Waals surface area contributed by atoms with Crippen LogP contribution in [-0.2, 0) is 12.0 Å². The predicted molar refractivity (Wildman–Crippen MR) is 82.3 cm³/mol. The first-order chi connectivity index (χ1) is 10.1. The number of hydrogen-bond donors (Lipinski definition) is 1. The SMILES string of the molecule is COc1cccc(CC(O)(CCCl)c2ccccc2)c1F. The molecule has 0 aliphatic rings. The number of benzene rings is 2. The second kappa shape index (κ2) is 6.92.